The first kappa shape index (κ1) is 64.4. The number of nitrogens with zero attached hydrogens (tertiary/aromatic N) is 4. The number of carbonyl (C=O) groups excluding carboxylic acids is 2. The fraction of sp³-hybridized carbons (Fsp3) is 0.139. The Balaban J connectivity index is 0.000000158. The van der Waals surface area contributed by atoms with E-state index in [0.29, 0.717) is 26.1 Å². The van der Waals surface area contributed by atoms with Gasteiger partial charge in [0.1, 0.15) is 0 Å². The van der Waals surface area contributed by atoms with Crippen molar-refractivity contribution >= 4 is 126 Å². The van der Waals surface area contributed by atoms with Crippen molar-refractivity contribution in [1.82, 2.24) is 39.9 Å². The number of aromatic amines is 4. The first-order valence-electron chi connectivity index (χ1n) is 28.4. The molecule has 0 atom stereocenters. The van der Waals surface area contributed by atoms with Gasteiger partial charge < -0.3 is 29.4 Å². The third kappa shape index (κ3) is 20.0. The third-order valence-electron chi connectivity index (χ3n) is 12.9. The number of hydrogen-bond acceptors (Lipinski definition) is 8. The van der Waals surface area contributed by atoms with Gasteiger partial charge in [-0.3, -0.25) is 9.59 Å². The molecule has 0 radical (unpaired) electrons. The zero-order valence-corrected chi connectivity index (χ0v) is 55.1. The van der Waals surface area contributed by atoms with Crippen LogP contribution in [-0.2, 0) is 58.0 Å². The molecule has 4 aliphatic rings. The molecule has 0 unspecified atom stereocenters. The zero-order chi connectivity index (χ0) is 58.3. The first-order valence-corrected chi connectivity index (χ1v) is 28.4. The van der Waals surface area contributed by atoms with E-state index < -0.39 is 0 Å². The number of esters is 2. The van der Waals surface area contributed by atoms with Crippen molar-refractivity contribution in [3.05, 3.63) is 240 Å². The number of rotatable bonds is 6. The monoisotopic (exact) mass is 1240 g/mol. The number of nitrogens with one attached hydrogen (secondary N) is 4. The van der Waals surface area contributed by atoms with Crippen LogP contribution in [0.5, 0.6) is 0 Å². The van der Waals surface area contributed by atoms with E-state index in [1.807, 2.05) is 125 Å². The quantitative estimate of drug-likeness (QED) is 0.0943. The summed E-state index contributed by atoms with van der Waals surface area (Å²) in [5.41, 5.74) is 15.7. The van der Waals surface area contributed by atoms with Crippen LogP contribution in [-0.4, -0.2) is 65.0 Å². The number of carbonyl (C=O) groups is 2. The Bertz CT molecular complexity index is 3590. The van der Waals surface area contributed by atoms with E-state index in [-0.39, 0.29) is 50.9 Å². The molecular weight excluding hydrogens is 1170 g/mol. The summed E-state index contributed by atoms with van der Waals surface area (Å²) < 4.78 is 9.29. The van der Waals surface area contributed by atoms with Crippen molar-refractivity contribution < 1.29 is 58.0 Å². The number of ether oxygens (including phenoxy) is 2. The van der Waals surface area contributed by atoms with Gasteiger partial charge in [-0.25, -0.2) is 19.9 Å². The average molecular weight is 1240 g/mol. The van der Waals surface area contributed by atoms with Gasteiger partial charge in [0, 0.05) is 95.9 Å². The van der Waals surface area contributed by atoms with Crippen LogP contribution < -0.4 is 0 Å². The predicted molar refractivity (Wildman–Crippen MR) is 349 cm³/mol. The Morgan fingerprint density at radius 3 is 0.628 bits per heavy atom. The molecule has 4 aliphatic heterocycles. The first-order chi connectivity index (χ1) is 41.1. The number of benzene rings is 4. The van der Waals surface area contributed by atoms with Crippen molar-refractivity contribution in [2.75, 3.05) is 13.2 Å². The fourth-order valence-corrected chi connectivity index (χ4v) is 9.03. The number of hydrogen-bond donors (Lipinski definition) is 4. The standard InChI is InChI=1S/2C20H14N4.2C10H8.2C6H12O2.2Zn/c2*1-2-14-10-16-5-6-18(23-16)12-20-8-7-19(24-20)11-17-4-3-15(22-17)9-13(1)21-14;2*1-2-6-10-8-4-3-7-9(10)5-1;2*1-3-5-6(7)8-4-2;;/h2*1-12,21,24H;2*1-8H;2*3-5H2,1-2H3;;. The molecule has 14 heteroatoms. The average Bonchev–Trinajstić information content (AvgIpc) is 4.46. The van der Waals surface area contributed by atoms with E-state index in [4.69, 9.17) is 0 Å². The summed E-state index contributed by atoms with van der Waals surface area (Å²) in [5, 5.41) is 5.24. The van der Waals surface area contributed by atoms with Crippen LogP contribution in [0.3, 0.4) is 0 Å². The topological polar surface area (TPSA) is 167 Å². The van der Waals surface area contributed by atoms with E-state index in [9.17, 15) is 9.59 Å². The molecule has 10 heterocycles. The molecule has 4 N–H and O–H groups in total. The van der Waals surface area contributed by atoms with Gasteiger partial charge in [-0.05, 0) is 194 Å². The molecule has 14 rings (SSSR count). The second kappa shape index (κ2) is 33.3. The van der Waals surface area contributed by atoms with E-state index in [2.05, 4.69) is 195 Å². The smallest absolute Gasteiger partial charge is 0.305 e. The van der Waals surface area contributed by atoms with Crippen molar-refractivity contribution in [3.8, 4) is 0 Å². The molecule has 86 heavy (non-hydrogen) atoms. The Hall–Kier alpha value is -9.21. The molecule has 10 aromatic rings. The van der Waals surface area contributed by atoms with Crippen LogP contribution in [0.15, 0.2) is 194 Å². The maximum absolute atomic E-state index is 10.4. The number of fused-ring (bicyclic) bond motifs is 18. The van der Waals surface area contributed by atoms with Gasteiger partial charge in [0.15, 0.2) is 0 Å². The molecule has 0 fully saturated rings. The molecule has 0 saturated carbocycles. The van der Waals surface area contributed by atoms with E-state index >= 15 is 0 Å². The van der Waals surface area contributed by atoms with E-state index in [0.717, 1.165) is 103 Å². The second-order valence-electron chi connectivity index (χ2n) is 19.6. The predicted octanol–water partition coefficient (Wildman–Crippen LogP) is 17.7. The molecule has 0 amide bonds. The van der Waals surface area contributed by atoms with Crippen molar-refractivity contribution in [1.29, 1.82) is 0 Å². The minimum absolute atomic E-state index is 0. The Kier molecular flexibility index (Phi) is 24.9. The van der Waals surface area contributed by atoms with Gasteiger partial charge in [0.2, 0.25) is 0 Å². The number of H-pyrrole nitrogens is 4. The molecule has 0 aliphatic carbocycles. The van der Waals surface area contributed by atoms with Gasteiger partial charge in [-0.1, -0.05) is 111 Å². The summed E-state index contributed by atoms with van der Waals surface area (Å²) >= 11 is 0. The van der Waals surface area contributed by atoms with Crippen LogP contribution in [0.1, 0.15) is 98.9 Å². The summed E-state index contributed by atoms with van der Waals surface area (Å²) in [6.07, 6.45) is 19.0. The molecule has 6 aromatic heterocycles. The summed E-state index contributed by atoms with van der Waals surface area (Å²) in [6.45, 7) is 8.53. The van der Waals surface area contributed by atoms with Crippen LogP contribution in [0, 0.1) is 0 Å². The van der Waals surface area contributed by atoms with Gasteiger partial charge in [0.05, 0.1) is 58.8 Å². The maximum atomic E-state index is 10.4. The summed E-state index contributed by atoms with van der Waals surface area (Å²) in [5.74, 6) is -0.176. The van der Waals surface area contributed by atoms with Gasteiger partial charge in [-0.2, -0.15) is 0 Å². The van der Waals surface area contributed by atoms with E-state index in [1.54, 1.807) is 0 Å². The summed E-state index contributed by atoms with van der Waals surface area (Å²) in [6, 6.07) is 66.1. The minimum atomic E-state index is -0.0880. The van der Waals surface area contributed by atoms with Gasteiger partial charge in [0.25, 0.3) is 0 Å². The largest absolute Gasteiger partial charge is 0.466 e. The van der Waals surface area contributed by atoms with Crippen LogP contribution in [0.4, 0.5) is 0 Å². The zero-order valence-electron chi connectivity index (χ0n) is 49.2. The van der Waals surface area contributed by atoms with Crippen LogP contribution in [0.2, 0.25) is 0 Å². The van der Waals surface area contributed by atoms with Crippen LogP contribution in [0.25, 0.3) is 114 Å². The maximum Gasteiger partial charge on any atom is 0.305 e. The normalized spacial score (nSPS) is 11.0. The number of aromatic nitrogens is 8. The molecule has 16 bridgehead atoms. The summed E-state index contributed by atoms with van der Waals surface area (Å²) in [7, 11) is 0. The summed E-state index contributed by atoms with van der Waals surface area (Å²) in [4.78, 5) is 52.9. The third-order valence-corrected chi connectivity index (χ3v) is 12.9. The second-order valence-corrected chi connectivity index (χ2v) is 19.6. The van der Waals surface area contributed by atoms with Crippen molar-refractivity contribution in [2.24, 2.45) is 0 Å². The van der Waals surface area contributed by atoms with Crippen LogP contribution >= 0.6 is 0 Å². The van der Waals surface area contributed by atoms with E-state index in [1.165, 1.54) is 21.5 Å². The van der Waals surface area contributed by atoms with Gasteiger partial charge >= 0.3 is 11.9 Å². The molecule has 4 aromatic carbocycles. The Morgan fingerprint density at radius 1 is 0.302 bits per heavy atom. The molecular formula is C72H68N8O4Zn2. The molecule has 0 saturated heterocycles. The Labute approximate surface area is 526 Å². The SMILES string of the molecule is C1=Cc2cc3ccc(cc4nc(cc5ccc(cc1n2)[nH]5)C=C4)[nH]3.C1=Cc2cc3ccc(cc4nc(cc5ccc(cc1n2)[nH]5)C=C4)[nH]3.CCCC(=O)OCC.CCCC(=O)OCC.[Zn].[Zn].c1ccc2ccccc2c1.c1ccc2ccccc2c1. The van der Waals surface area contributed by atoms with Gasteiger partial charge in [-0.15, -0.1) is 0 Å². The Morgan fingerprint density at radius 2 is 0.477 bits per heavy atom. The fourth-order valence-electron chi connectivity index (χ4n) is 9.03. The molecule has 0 spiro atoms. The molecule has 12 nitrogen and oxygen atoms in total. The van der Waals surface area contributed by atoms with Crippen molar-refractivity contribution in [2.45, 2.75) is 53.4 Å². The molecule has 424 valence electrons. The minimum Gasteiger partial charge on any atom is -0.466 e. The van der Waals surface area contributed by atoms with Crippen molar-refractivity contribution in [3.63, 3.8) is 0 Å².